The highest BCUT2D eigenvalue weighted by Gasteiger charge is 2.28. The molecule has 0 bridgehead atoms. The van der Waals surface area contributed by atoms with Crippen molar-refractivity contribution in [3.63, 3.8) is 0 Å². The maximum absolute atomic E-state index is 13.5. The van der Waals surface area contributed by atoms with Crippen molar-refractivity contribution in [2.75, 3.05) is 5.32 Å². The molecule has 0 heterocycles. The molecule has 0 saturated heterocycles. The Labute approximate surface area is 107 Å². The lowest BCUT2D eigenvalue weighted by Crippen LogP contribution is -2.27. The molecule has 1 fully saturated rings. The molecule has 1 nitrogen and oxygen atoms in total. The Morgan fingerprint density at radius 2 is 1.16 bits per heavy atom. The molecule has 0 radical (unpaired) electrons. The van der Waals surface area contributed by atoms with Crippen LogP contribution in [-0.2, 0) is 0 Å². The van der Waals surface area contributed by atoms with E-state index < -0.39 is 34.8 Å². The first kappa shape index (κ1) is 14.1. The van der Waals surface area contributed by atoms with Gasteiger partial charge >= 0.3 is 0 Å². The molecule has 6 heteroatoms. The molecule has 106 valence electrons. The average molecular weight is 279 g/mol. The molecule has 1 aliphatic carbocycles. The van der Waals surface area contributed by atoms with Crippen LogP contribution in [0.2, 0.25) is 0 Å². The molecule has 1 aromatic carbocycles. The van der Waals surface area contributed by atoms with Crippen LogP contribution < -0.4 is 5.32 Å². The summed E-state index contributed by atoms with van der Waals surface area (Å²) < 4.78 is 65.8. The van der Waals surface area contributed by atoms with Crippen LogP contribution in [0.3, 0.4) is 0 Å². The Bertz CT molecular complexity index is 451. The molecule has 1 saturated carbocycles. The van der Waals surface area contributed by atoms with Gasteiger partial charge in [-0.2, -0.15) is 0 Å². The third kappa shape index (κ3) is 2.67. The summed E-state index contributed by atoms with van der Waals surface area (Å²) in [5.41, 5.74) is -0.920. The van der Waals surface area contributed by atoms with Gasteiger partial charge in [0, 0.05) is 6.04 Å². The SMILES string of the molecule is CC1CCC(Nc2c(F)c(F)c(F)c(F)c2F)CC1. The first-order valence-corrected chi connectivity index (χ1v) is 6.19. The molecule has 0 amide bonds. The van der Waals surface area contributed by atoms with Gasteiger partial charge in [-0.05, 0) is 31.6 Å². The van der Waals surface area contributed by atoms with Crippen LogP contribution in [0.1, 0.15) is 32.6 Å². The molecule has 1 aliphatic rings. The number of anilines is 1. The van der Waals surface area contributed by atoms with Gasteiger partial charge in [0.1, 0.15) is 5.69 Å². The van der Waals surface area contributed by atoms with E-state index in [0.717, 1.165) is 12.8 Å². The highest BCUT2D eigenvalue weighted by molar-refractivity contribution is 5.48. The molecular weight excluding hydrogens is 265 g/mol. The Morgan fingerprint density at radius 3 is 1.63 bits per heavy atom. The minimum absolute atomic E-state index is 0.260. The Balaban J connectivity index is 2.25. The van der Waals surface area contributed by atoms with Gasteiger partial charge in [-0.1, -0.05) is 6.92 Å². The van der Waals surface area contributed by atoms with E-state index in [-0.39, 0.29) is 6.04 Å². The summed E-state index contributed by atoms with van der Waals surface area (Å²) in [6.45, 7) is 2.06. The van der Waals surface area contributed by atoms with Gasteiger partial charge in [-0.3, -0.25) is 0 Å². The number of rotatable bonds is 2. The number of hydrogen-bond acceptors (Lipinski definition) is 1. The summed E-state index contributed by atoms with van der Waals surface area (Å²) in [7, 11) is 0. The van der Waals surface area contributed by atoms with Crippen molar-refractivity contribution in [2.45, 2.75) is 38.6 Å². The van der Waals surface area contributed by atoms with E-state index >= 15 is 0 Å². The van der Waals surface area contributed by atoms with E-state index in [2.05, 4.69) is 12.2 Å². The number of hydrogen-bond donors (Lipinski definition) is 1. The third-order valence-corrected chi connectivity index (χ3v) is 3.57. The van der Waals surface area contributed by atoms with Crippen LogP contribution in [0.15, 0.2) is 0 Å². The number of benzene rings is 1. The Kier molecular flexibility index (Phi) is 3.96. The molecule has 19 heavy (non-hydrogen) atoms. The van der Waals surface area contributed by atoms with Crippen molar-refractivity contribution < 1.29 is 22.0 Å². The zero-order valence-corrected chi connectivity index (χ0v) is 10.4. The standard InChI is InChI=1S/C13H14F5N/c1-6-2-4-7(5-3-6)19-13-11(17)9(15)8(14)10(16)12(13)18/h6-7,19H,2-5H2,1H3. The Morgan fingerprint density at radius 1 is 0.737 bits per heavy atom. The number of nitrogens with one attached hydrogen (secondary N) is 1. The third-order valence-electron chi connectivity index (χ3n) is 3.57. The quantitative estimate of drug-likeness (QED) is 0.481. The Hall–Kier alpha value is -1.33. The van der Waals surface area contributed by atoms with E-state index in [1.165, 1.54) is 0 Å². The molecule has 2 rings (SSSR count). The van der Waals surface area contributed by atoms with Gasteiger partial charge in [-0.25, -0.2) is 22.0 Å². The maximum Gasteiger partial charge on any atom is 0.200 e. The molecule has 0 aliphatic heterocycles. The van der Waals surface area contributed by atoms with E-state index in [1.807, 2.05) is 0 Å². The minimum Gasteiger partial charge on any atom is -0.377 e. The monoisotopic (exact) mass is 279 g/mol. The van der Waals surface area contributed by atoms with Gasteiger partial charge < -0.3 is 5.32 Å². The zero-order valence-electron chi connectivity index (χ0n) is 10.4. The van der Waals surface area contributed by atoms with Gasteiger partial charge in [0.2, 0.25) is 5.82 Å². The topological polar surface area (TPSA) is 12.0 Å². The van der Waals surface area contributed by atoms with Crippen molar-refractivity contribution in [2.24, 2.45) is 5.92 Å². The van der Waals surface area contributed by atoms with Crippen molar-refractivity contribution >= 4 is 5.69 Å². The summed E-state index contributed by atoms with van der Waals surface area (Å²) in [5.74, 6) is -9.02. The van der Waals surface area contributed by atoms with Gasteiger partial charge in [0.15, 0.2) is 23.3 Å². The normalized spacial score (nSPS) is 23.5. The van der Waals surface area contributed by atoms with Crippen LogP contribution in [0.4, 0.5) is 27.6 Å². The maximum atomic E-state index is 13.5. The fraction of sp³-hybridized carbons (Fsp3) is 0.538. The van der Waals surface area contributed by atoms with E-state index in [1.54, 1.807) is 0 Å². The van der Waals surface area contributed by atoms with Crippen LogP contribution >= 0.6 is 0 Å². The van der Waals surface area contributed by atoms with E-state index in [0.29, 0.717) is 18.8 Å². The van der Waals surface area contributed by atoms with Gasteiger partial charge in [0.05, 0.1) is 0 Å². The summed E-state index contributed by atoms with van der Waals surface area (Å²) >= 11 is 0. The summed E-state index contributed by atoms with van der Waals surface area (Å²) in [4.78, 5) is 0. The van der Waals surface area contributed by atoms with Crippen molar-refractivity contribution in [3.8, 4) is 0 Å². The van der Waals surface area contributed by atoms with E-state index in [9.17, 15) is 22.0 Å². The molecule has 1 aromatic rings. The lowest BCUT2D eigenvalue weighted by Gasteiger charge is -2.28. The first-order chi connectivity index (χ1) is 8.91. The molecule has 0 aromatic heterocycles. The molecule has 0 unspecified atom stereocenters. The second-order valence-electron chi connectivity index (χ2n) is 5.05. The largest absolute Gasteiger partial charge is 0.377 e. The van der Waals surface area contributed by atoms with Crippen LogP contribution in [0, 0.1) is 35.0 Å². The smallest absolute Gasteiger partial charge is 0.200 e. The highest BCUT2D eigenvalue weighted by atomic mass is 19.2. The van der Waals surface area contributed by atoms with Crippen molar-refractivity contribution in [1.82, 2.24) is 0 Å². The highest BCUT2D eigenvalue weighted by Crippen LogP contribution is 2.31. The second kappa shape index (κ2) is 5.35. The fourth-order valence-corrected chi connectivity index (χ4v) is 2.34. The predicted octanol–water partition coefficient (Wildman–Crippen LogP) is 4.37. The molecule has 0 atom stereocenters. The summed E-state index contributed by atoms with van der Waals surface area (Å²) in [6.07, 6.45) is 3.04. The van der Waals surface area contributed by atoms with Crippen LogP contribution in [0.5, 0.6) is 0 Å². The summed E-state index contributed by atoms with van der Waals surface area (Å²) in [6, 6.07) is -0.260. The zero-order chi connectivity index (χ0) is 14.2. The minimum atomic E-state index is -2.13. The molecule has 0 spiro atoms. The van der Waals surface area contributed by atoms with Crippen molar-refractivity contribution in [3.05, 3.63) is 29.1 Å². The predicted molar refractivity (Wildman–Crippen MR) is 61.3 cm³/mol. The first-order valence-electron chi connectivity index (χ1n) is 6.19. The van der Waals surface area contributed by atoms with Gasteiger partial charge in [-0.15, -0.1) is 0 Å². The summed E-state index contributed by atoms with van der Waals surface area (Å²) in [5, 5.41) is 2.45. The lowest BCUT2D eigenvalue weighted by molar-refractivity contribution is 0.354. The lowest BCUT2D eigenvalue weighted by atomic mass is 9.87. The average Bonchev–Trinajstić information content (AvgIpc) is 2.41. The van der Waals surface area contributed by atoms with E-state index in [4.69, 9.17) is 0 Å². The molecule has 1 N–H and O–H groups in total. The molecular formula is C13H14F5N. The van der Waals surface area contributed by atoms with Crippen molar-refractivity contribution in [1.29, 1.82) is 0 Å². The van der Waals surface area contributed by atoms with Crippen LogP contribution in [-0.4, -0.2) is 6.04 Å². The van der Waals surface area contributed by atoms with Crippen LogP contribution in [0.25, 0.3) is 0 Å². The second-order valence-corrected chi connectivity index (χ2v) is 5.05. The van der Waals surface area contributed by atoms with Gasteiger partial charge in [0.25, 0.3) is 0 Å². The fourth-order valence-electron chi connectivity index (χ4n) is 2.34. The number of halogens is 5.